The number of rotatable bonds is 8. The van der Waals surface area contributed by atoms with Gasteiger partial charge in [0.25, 0.3) is 5.91 Å². The second kappa shape index (κ2) is 10.0. The van der Waals surface area contributed by atoms with Crippen LogP contribution in [0, 0.1) is 5.92 Å². The molecule has 0 saturated carbocycles. The summed E-state index contributed by atoms with van der Waals surface area (Å²) in [7, 11) is -5.75. The van der Waals surface area contributed by atoms with Crippen molar-refractivity contribution in [2.45, 2.75) is 31.2 Å². The van der Waals surface area contributed by atoms with E-state index in [-0.39, 0.29) is 44.5 Å². The Hall–Kier alpha value is -1.40. The lowest BCUT2D eigenvalue weighted by atomic mass is 10.2. The molecule has 13 heteroatoms. The second-order valence-electron chi connectivity index (χ2n) is 7.65. The molecule has 0 aromatic heterocycles. The monoisotopic (exact) mass is 514 g/mol. The summed E-state index contributed by atoms with van der Waals surface area (Å²) in [6.07, 6.45) is 0.312. The van der Waals surface area contributed by atoms with E-state index in [4.69, 9.17) is 27.9 Å². The van der Waals surface area contributed by atoms with E-state index in [1.807, 2.05) is 13.8 Å². The number of halogens is 2. The summed E-state index contributed by atoms with van der Waals surface area (Å²) in [6, 6.07) is 1.62. The normalized spacial score (nSPS) is 18.2. The zero-order chi connectivity index (χ0) is 23.6. The number of nitrogens with one attached hydrogen (secondary N) is 1. The number of likely N-dealkylation sites (N-methyl/N-ethyl adjacent to an activating group) is 1. The van der Waals surface area contributed by atoms with Gasteiger partial charge in [0, 0.05) is 19.6 Å². The topological polar surface area (TPSA) is 127 Å². The molecule has 0 radical (unpaired) electrons. The van der Waals surface area contributed by atoms with E-state index in [0.29, 0.717) is 6.42 Å². The van der Waals surface area contributed by atoms with Gasteiger partial charge in [0.1, 0.15) is 4.90 Å². The molecule has 1 heterocycles. The molecule has 1 amide bonds. The van der Waals surface area contributed by atoms with Crippen molar-refractivity contribution in [3.63, 3.8) is 0 Å². The average molecular weight is 515 g/mol. The van der Waals surface area contributed by atoms with Gasteiger partial charge in [-0.1, -0.05) is 37.0 Å². The molecule has 1 atom stereocenters. The van der Waals surface area contributed by atoms with Crippen LogP contribution >= 0.6 is 23.2 Å². The van der Waals surface area contributed by atoms with E-state index in [1.54, 1.807) is 0 Å². The van der Waals surface area contributed by atoms with Gasteiger partial charge in [-0.05, 0) is 24.5 Å². The van der Waals surface area contributed by atoms with Gasteiger partial charge in [-0.3, -0.25) is 4.79 Å². The van der Waals surface area contributed by atoms with Crippen LogP contribution in [0.4, 0.5) is 0 Å². The van der Waals surface area contributed by atoms with Gasteiger partial charge in [0.05, 0.1) is 27.1 Å². The molecule has 1 aliphatic heterocycles. The van der Waals surface area contributed by atoms with E-state index < -0.39 is 44.4 Å². The lowest BCUT2D eigenvalue weighted by Crippen LogP contribution is -2.40. The summed E-state index contributed by atoms with van der Waals surface area (Å²) in [5.74, 6) is -1.70. The van der Waals surface area contributed by atoms with Gasteiger partial charge in [0.15, 0.2) is 16.4 Å². The maximum absolute atomic E-state index is 12.5. The molecular formula is C18H24Cl2N2O7S2. The molecule has 0 spiro atoms. The molecule has 174 valence electrons. The molecule has 1 aromatic rings. The van der Waals surface area contributed by atoms with Gasteiger partial charge in [-0.25, -0.2) is 26.4 Å². The number of carbonyl (C=O) groups is 2. The number of sulfone groups is 1. The first-order valence-corrected chi connectivity index (χ1v) is 13.4. The summed E-state index contributed by atoms with van der Waals surface area (Å²) in [5.41, 5.74) is -0.269. The van der Waals surface area contributed by atoms with Crippen LogP contribution in [0.1, 0.15) is 30.6 Å². The van der Waals surface area contributed by atoms with Crippen LogP contribution in [0.15, 0.2) is 17.0 Å². The summed E-state index contributed by atoms with van der Waals surface area (Å²) in [4.78, 5) is 25.6. The number of ether oxygens (including phenoxy) is 1. The molecule has 1 fully saturated rings. The number of esters is 1. The van der Waals surface area contributed by atoms with Gasteiger partial charge in [0.2, 0.25) is 10.0 Å². The number of sulfonamides is 1. The highest BCUT2D eigenvalue weighted by Gasteiger charge is 2.33. The number of hydrogen-bond donors (Lipinski definition) is 1. The zero-order valence-electron chi connectivity index (χ0n) is 17.2. The lowest BCUT2D eigenvalue weighted by molar-refractivity contribution is -0.134. The molecule has 1 saturated heterocycles. The largest absolute Gasteiger partial charge is 0.452 e. The Kier molecular flexibility index (Phi) is 8.37. The molecule has 0 bridgehead atoms. The minimum atomic E-state index is -4.01. The molecule has 1 N–H and O–H groups in total. The van der Waals surface area contributed by atoms with Crippen LogP contribution in [0.5, 0.6) is 0 Å². The molecule has 9 nitrogen and oxygen atoms in total. The SMILES string of the molecule is CC(C)CNS(=O)(=O)c1cc(C(=O)OCC(=O)N(C)[C@@H]2CCS(=O)(=O)C2)c(Cl)cc1Cl. The molecular weight excluding hydrogens is 491 g/mol. The molecule has 1 aromatic carbocycles. The third-order valence-electron chi connectivity index (χ3n) is 4.69. The standard InChI is InChI=1S/C18H24Cl2N2O7S2/c1-11(2)8-21-31(27,28)16-6-13(14(19)7-15(16)20)18(24)29-9-17(23)22(3)12-4-5-30(25,26)10-12/h6-7,11-12,21H,4-5,8-10H2,1-3H3/t12-/m1/s1. The van der Waals surface area contributed by atoms with E-state index in [0.717, 1.165) is 12.1 Å². The van der Waals surface area contributed by atoms with Crippen molar-refractivity contribution < 1.29 is 31.2 Å². The fraction of sp³-hybridized carbons (Fsp3) is 0.556. The Morgan fingerprint density at radius 1 is 1.26 bits per heavy atom. The quantitative estimate of drug-likeness (QED) is 0.523. The van der Waals surface area contributed by atoms with E-state index >= 15 is 0 Å². The smallest absolute Gasteiger partial charge is 0.340 e. The van der Waals surface area contributed by atoms with Crippen LogP contribution in [0.25, 0.3) is 0 Å². The van der Waals surface area contributed by atoms with Gasteiger partial charge in [-0.2, -0.15) is 0 Å². The fourth-order valence-electron chi connectivity index (χ4n) is 2.84. The second-order valence-corrected chi connectivity index (χ2v) is 12.4. The molecule has 31 heavy (non-hydrogen) atoms. The van der Waals surface area contributed by atoms with Gasteiger partial charge < -0.3 is 9.64 Å². The van der Waals surface area contributed by atoms with E-state index in [2.05, 4.69) is 4.72 Å². The van der Waals surface area contributed by atoms with Crippen LogP contribution < -0.4 is 4.72 Å². The van der Waals surface area contributed by atoms with Crippen LogP contribution in [-0.2, 0) is 29.4 Å². The number of nitrogens with zero attached hydrogens (tertiary/aromatic N) is 1. The molecule has 0 aliphatic carbocycles. The maximum atomic E-state index is 12.5. The lowest BCUT2D eigenvalue weighted by Gasteiger charge is -2.23. The Morgan fingerprint density at radius 2 is 1.90 bits per heavy atom. The van der Waals surface area contributed by atoms with E-state index in [9.17, 15) is 26.4 Å². The van der Waals surface area contributed by atoms with Crippen molar-refractivity contribution in [3.8, 4) is 0 Å². The highest BCUT2D eigenvalue weighted by molar-refractivity contribution is 7.91. The number of benzene rings is 1. The minimum absolute atomic E-state index is 0.00243. The minimum Gasteiger partial charge on any atom is -0.452 e. The first kappa shape index (κ1) is 25.9. The molecule has 1 aliphatic rings. The van der Waals surface area contributed by atoms with Crippen molar-refractivity contribution >= 4 is 54.9 Å². The van der Waals surface area contributed by atoms with Crippen LogP contribution in [-0.4, -0.2) is 71.4 Å². The fourth-order valence-corrected chi connectivity index (χ4v) is 6.67. The summed E-state index contributed by atoms with van der Waals surface area (Å²) < 4.78 is 55.5. The third-order valence-corrected chi connectivity index (χ3v) is 8.64. The highest BCUT2D eigenvalue weighted by atomic mass is 35.5. The molecule has 2 rings (SSSR count). The van der Waals surface area contributed by atoms with Crippen molar-refractivity contribution in [2.75, 3.05) is 31.7 Å². The molecule has 0 unspecified atom stereocenters. The van der Waals surface area contributed by atoms with Gasteiger partial charge in [-0.15, -0.1) is 0 Å². The number of amides is 1. The van der Waals surface area contributed by atoms with Crippen molar-refractivity contribution in [1.29, 1.82) is 0 Å². The third kappa shape index (κ3) is 6.79. The highest BCUT2D eigenvalue weighted by Crippen LogP contribution is 2.29. The Labute approximate surface area is 192 Å². The summed E-state index contributed by atoms with van der Waals surface area (Å²) in [5, 5.41) is -0.309. The predicted octanol–water partition coefficient (Wildman–Crippen LogP) is 1.73. The van der Waals surface area contributed by atoms with Crippen LogP contribution in [0.2, 0.25) is 10.0 Å². The zero-order valence-corrected chi connectivity index (χ0v) is 20.4. The number of carbonyl (C=O) groups excluding carboxylic acids is 2. The number of hydrogen-bond acceptors (Lipinski definition) is 7. The summed E-state index contributed by atoms with van der Waals surface area (Å²) in [6.45, 7) is 3.16. The Morgan fingerprint density at radius 3 is 2.45 bits per heavy atom. The first-order chi connectivity index (χ1) is 14.2. The summed E-state index contributed by atoms with van der Waals surface area (Å²) >= 11 is 12.0. The van der Waals surface area contributed by atoms with E-state index in [1.165, 1.54) is 11.9 Å². The van der Waals surface area contributed by atoms with Crippen molar-refractivity contribution in [2.24, 2.45) is 5.92 Å². The average Bonchev–Trinajstić information content (AvgIpc) is 3.03. The van der Waals surface area contributed by atoms with Gasteiger partial charge >= 0.3 is 5.97 Å². The Balaban J connectivity index is 2.12. The van der Waals surface area contributed by atoms with Crippen molar-refractivity contribution in [3.05, 3.63) is 27.7 Å². The first-order valence-electron chi connectivity index (χ1n) is 9.35. The Bertz CT molecular complexity index is 1070. The van der Waals surface area contributed by atoms with Crippen LogP contribution in [0.3, 0.4) is 0 Å². The predicted molar refractivity (Wildman–Crippen MR) is 117 cm³/mol. The maximum Gasteiger partial charge on any atom is 0.340 e. The van der Waals surface area contributed by atoms with Crippen molar-refractivity contribution in [1.82, 2.24) is 9.62 Å².